The van der Waals surface area contributed by atoms with E-state index in [0.29, 0.717) is 18.4 Å². The predicted molar refractivity (Wildman–Crippen MR) is 60.3 cm³/mol. The van der Waals surface area contributed by atoms with Crippen molar-refractivity contribution >= 4 is 21.7 Å². The molecule has 1 unspecified atom stereocenters. The van der Waals surface area contributed by atoms with Crippen LogP contribution < -0.4 is 4.74 Å². The Morgan fingerprint density at radius 2 is 1.94 bits per heavy atom. The first kappa shape index (κ1) is 10.3. The van der Waals surface area contributed by atoms with Crippen molar-refractivity contribution in [2.45, 2.75) is 32.3 Å². The van der Waals surface area contributed by atoms with Crippen LogP contribution in [0, 0.1) is 19.7 Å². The second-order valence-electron chi connectivity index (χ2n) is 4.56. The van der Waals surface area contributed by atoms with Crippen LogP contribution in [-0.2, 0) is 11.2 Å². The fourth-order valence-corrected chi connectivity index (χ4v) is 2.70. The van der Waals surface area contributed by atoms with Gasteiger partial charge in [-0.25, -0.2) is 4.39 Å². The molecular formula is C12H10BrFO2. The number of carbonyl (C=O) groups is 1. The van der Waals surface area contributed by atoms with Gasteiger partial charge in [-0.2, -0.15) is 0 Å². The lowest BCUT2D eigenvalue weighted by Crippen LogP contribution is -2.17. The van der Waals surface area contributed by atoms with Gasteiger partial charge in [0.05, 0.1) is 6.42 Å². The normalized spacial score (nSPS) is 25.9. The molecule has 1 atom stereocenters. The van der Waals surface area contributed by atoms with Crippen molar-refractivity contribution in [3.05, 3.63) is 27.0 Å². The topological polar surface area (TPSA) is 26.3 Å². The lowest BCUT2D eigenvalue weighted by Gasteiger charge is -2.10. The van der Waals surface area contributed by atoms with E-state index in [9.17, 15) is 9.18 Å². The Bertz CT molecular complexity index is 500. The molecule has 1 aliphatic carbocycles. The lowest BCUT2D eigenvalue weighted by atomic mass is 10.0. The molecule has 0 saturated heterocycles. The Morgan fingerprint density at radius 3 is 2.50 bits per heavy atom. The van der Waals surface area contributed by atoms with Crippen LogP contribution >= 0.6 is 15.9 Å². The summed E-state index contributed by atoms with van der Waals surface area (Å²) in [4.78, 5) is 11.3. The lowest BCUT2D eigenvalue weighted by molar-refractivity contribution is -0.114. The summed E-state index contributed by atoms with van der Waals surface area (Å²) in [5.74, 6) is 0.0179. The van der Waals surface area contributed by atoms with Crippen molar-refractivity contribution in [3.8, 4) is 5.75 Å². The summed E-state index contributed by atoms with van der Waals surface area (Å²) in [6.07, 6.45) is 0.931. The molecule has 0 aromatic heterocycles. The highest BCUT2D eigenvalue weighted by Crippen LogP contribution is 2.50. The number of ketones is 1. The summed E-state index contributed by atoms with van der Waals surface area (Å²) < 4.78 is 20.3. The van der Waals surface area contributed by atoms with Crippen molar-refractivity contribution in [3.63, 3.8) is 0 Å². The van der Waals surface area contributed by atoms with Gasteiger partial charge in [-0.15, -0.1) is 0 Å². The molecule has 1 saturated carbocycles. The van der Waals surface area contributed by atoms with E-state index in [1.165, 1.54) is 0 Å². The average Bonchev–Trinajstić information content (AvgIpc) is 2.71. The quantitative estimate of drug-likeness (QED) is 0.732. The number of fused-ring (bicyclic) bond motifs is 1. The van der Waals surface area contributed by atoms with E-state index in [4.69, 9.17) is 4.74 Å². The van der Waals surface area contributed by atoms with Crippen LogP contribution in [0.4, 0.5) is 4.39 Å². The maximum atomic E-state index is 14.0. The summed E-state index contributed by atoms with van der Waals surface area (Å²) in [6.45, 7) is 3.63. The number of ether oxygens (including phenoxy) is 1. The summed E-state index contributed by atoms with van der Waals surface area (Å²) in [5, 5.41) is 0. The van der Waals surface area contributed by atoms with Gasteiger partial charge in [0.25, 0.3) is 0 Å². The standard InChI is InChI=1S/C12H10BrFO2/c1-5-7-3-12(4-8(12)15)16-11(7)10(14)6(2)9(5)13/h3-4H2,1-2H3. The third-order valence-corrected chi connectivity index (χ3v) is 4.69. The van der Waals surface area contributed by atoms with E-state index in [1.54, 1.807) is 6.92 Å². The molecule has 4 heteroatoms. The third kappa shape index (κ3) is 1.08. The first-order chi connectivity index (χ1) is 7.46. The number of hydrogen-bond acceptors (Lipinski definition) is 2. The zero-order chi connectivity index (χ0) is 11.7. The molecule has 0 radical (unpaired) electrons. The van der Waals surface area contributed by atoms with Gasteiger partial charge < -0.3 is 4.74 Å². The molecule has 1 aromatic carbocycles. The largest absolute Gasteiger partial charge is 0.475 e. The van der Waals surface area contributed by atoms with Crippen LogP contribution in [0.15, 0.2) is 4.47 Å². The van der Waals surface area contributed by atoms with E-state index >= 15 is 0 Å². The zero-order valence-electron chi connectivity index (χ0n) is 8.99. The van der Waals surface area contributed by atoms with Crippen LogP contribution in [0.3, 0.4) is 0 Å². The molecule has 1 heterocycles. The second kappa shape index (κ2) is 2.86. The zero-order valence-corrected chi connectivity index (χ0v) is 10.6. The molecular weight excluding hydrogens is 275 g/mol. The van der Waals surface area contributed by atoms with Gasteiger partial charge in [-0.05, 0) is 19.4 Å². The molecule has 0 N–H and O–H groups in total. The molecule has 2 aliphatic rings. The van der Waals surface area contributed by atoms with Gasteiger partial charge in [0, 0.05) is 22.0 Å². The van der Waals surface area contributed by atoms with E-state index in [1.807, 2.05) is 6.92 Å². The highest BCUT2D eigenvalue weighted by molar-refractivity contribution is 9.10. The van der Waals surface area contributed by atoms with Crippen molar-refractivity contribution in [2.75, 3.05) is 0 Å². The van der Waals surface area contributed by atoms with Gasteiger partial charge in [0.2, 0.25) is 0 Å². The second-order valence-corrected chi connectivity index (χ2v) is 5.35. The summed E-state index contributed by atoms with van der Waals surface area (Å²) in [5.41, 5.74) is 1.63. The van der Waals surface area contributed by atoms with Crippen LogP contribution in [0.5, 0.6) is 5.75 Å². The number of Topliss-reactive ketones (excluding diaryl/α,β-unsaturated/α-hetero) is 1. The van der Waals surface area contributed by atoms with Crippen molar-refractivity contribution < 1.29 is 13.9 Å². The summed E-state index contributed by atoms with van der Waals surface area (Å²) >= 11 is 3.38. The maximum Gasteiger partial charge on any atom is 0.181 e. The SMILES string of the molecule is Cc1c(F)c2c(c(C)c1Br)CC1(CC1=O)O2. The van der Waals surface area contributed by atoms with Crippen molar-refractivity contribution in [1.82, 2.24) is 0 Å². The highest BCUT2D eigenvalue weighted by Gasteiger charge is 2.61. The maximum absolute atomic E-state index is 14.0. The average molecular weight is 285 g/mol. The van der Waals surface area contributed by atoms with Crippen molar-refractivity contribution in [1.29, 1.82) is 0 Å². The first-order valence-corrected chi connectivity index (χ1v) is 5.95. The number of hydrogen-bond donors (Lipinski definition) is 0. The number of halogens is 2. The van der Waals surface area contributed by atoms with Gasteiger partial charge in [0.1, 0.15) is 0 Å². The van der Waals surface area contributed by atoms with Crippen molar-refractivity contribution in [2.24, 2.45) is 0 Å². The molecule has 1 aromatic rings. The van der Waals surface area contributed by atoms with E-state index < -0.39 is 5.60 Å². The highest BCUT2D eigenvalue weighted by atomic mass is 79.9. The van der Waals surface area contributed by atoms with E-state index in [2.05, 4.69) is 15.9 Å². The molecule has 0 amide bonds. The summed E-state index contributed by atoms with van der Waals surface area (Å²) in [6, 6.07) is 0. The van der Waals surface area contributed by atoms with Gasteiger partial charge >= 0.3 is 0 Å². The van der Waals surface area contributed by atoms with Crippen LogP contribution in [-0.4, -0.2) is 11.4 Å². The summed E-state index contributed by atoms with van der Waals surface area (Å²) in [7, 11) is 0. The van der Waals surface area contributed by atoms with E-state index in [-0.39, 0.29) is 17.3 Å². The monoisotopic (exact) mass is 284 g/mol. The molecule has 16 heavy (non-hydrogen) atoms. The Hall–Kier alpha value is -0.900. The molecule has 1 aliphatic heterocycles. The molecule has 0 bridgehead atoms. The number of benzene rings is 1. The van der Waals surface area contributed by atoms with E-state index in [0.717, 1.165) is 15.6 Å². The Balaban J connectivity index is 2.21. The smallest absolute Gasteiger partial charge is 0.181 e. The Labute approximate surface area is 101 Å². The third-order valence-electron chi connectivity index (χ3n) is 3.50. The Morgan fingerprint density at radius 1 is 1.31 bits per heavy atom. The van der Waals surface area contributed by atoms with Gasteiger partial charge in [-0.3, -0.25) is 4.79 Å². The predicted octanol–water partition coefficient (Wildman–Crippen LogP) is 2.85. The Kier molecular flexibility index (Phi) is 1.83. The molecule has 1 fully saturated rings. The molecule has 84 valence electrons. The number of rotatable bonds is 0. The minimum atomic E-state index is -0.721. The minimum absolute atomic E-state index is 0.0799. The van der Waals surface area contributed by atoms with Crippen LogP contribution in [0.25, 0.3) is 0 Å². The van der Waals surface area contributed by atoms with Crippen LogP contribution in [0.1, 0.15) is 23.1 Å². The molecule has 1 spiro atoms. The van der Waals surface area contributed by atoms with Crippen LogP contribution in [0.2, 0.25) is 0 Å². The van der Waals surface area contributed by atoms with Gasteiger partial charge in [-0.1, -0.05) is 15.9 Å². The molecule has 2 nitrogen and oxygen atoms in total. The number of carbonyl (C=O) groups excluding carboxylic acids is 1. The first-order valence-electron chi connectivity index (χ1n) is 5.15. The molecule has 3 rings (SSSR count). The fourth-order valence-electron chi connectivity index (χ4n) is 2.29. The van der Waals surface area contributed by atoms with Gasteiger partial charge in [0.15, 0.2) is 23.0 Å². The fraction of sp³-hybridized carbons (Fsp3) is 0.417. The minimum Gasteiger partial charge on any atom is -0.475 e.